The number of nitrogens with zero attached hydrogens (tertiary/aromatic N) is 3. The number of thiocarbonyl (C=S) groups is 1. The van der Waals surface area contributed by atoms with Gasteiger partial charge >= 0.3 is 0 Å². The first kappa shape index (κ1) is 12.2. The van der Waals surface area contributed by atoms with Gasteiger partial charge in [-0.3, -0.25) is 5.43 Å². The topological polar surface area (TPSA) is 89.3 Å². The molecule has 0 radical (unpaired) electrons. The number of rotatable bonds is 3. The van der Waals surface area contributed by atoms with E-state index in [1.54, 1.807) is 13.1 Å². The molecular weight excluding hydrogens is 250 g/mol. The summed E-state index contributed by atoms with van der Waals surface area (Å²) in [6.07, 6.45) is 1.59. The van der Waals surface area contributed by atoms with Crippen molar-refractivity contribution in [1.82, 2.24) is 15.6 Å². The highest BCUT2D eigenvalue weighted by atomic mass is 32.1. The van der Waals surface area contributed by atoms with Crippen molar-refractivity contribution in [2.24, 2.45) is 10.8 Å². The highest BCUT2D eigenvalue weighted by Crippen LogP contribution is 2.20. The Morgan fingerprint density at radius 3 is 2.94 bits per heavy atom. The van der Waals surface area contributed by atoms with E-state index in [0.717, 1.165) is 11.1 Å². The van der Waals surface area contributed by atoms with Crippen molar-refractivity contribution < 1.29 is 4.52 Å². The number of benzene rings is 1. The molecule has 7 heteroatoms. The van der Waals surface area contributed by atoms with Gasteiger partial charge in [0.05, 0.1) is 6.21 Å². The highest BCUT2D eigenvalue weighted by molar-refractivity contribution is 7.80. The maximum absolute atomic E-state index is 5.27. The Labute approximate surface area is 109 Å². The van der Waals surface area contributed by atoms with Gasteiger partial charge in [0.25, 0.3) is 5.89 Å². The fourth-order valence-corrected chi connectivity index (χ4v) is 1.43. The number of aryl methyl sites for hydroxylation is 1. The van der Waals surface area contributed by atoms with Gasteiger partial charge in [-0.2, -0.15) is 10.1 Å². The number of hydrogen-bond acceptors (Lipinski definition) is 5. The fourth-order valence-electron chi connectivity index (χ4n) is 1.38. The van der Waals surface area contributed by atoms with Gasteiger partial charge in [0.15, 0.2) is 10.9 Å². The Kier molecular flexibility index (Phi) is 3.63. The van der Waals surface area contributed by atoms with Crippen LogP contribution in [0.2, 0.25) is 0 Å². The molecular formula is C11H11N5OS. The second kappa shape index (κ2) is 5.37. The van der Waals surface area contributed by atoms with Crippen molar-refractivity contribution >= 4 is 23.5 Å². The summed E-state index contributed by atoms with van der Waals surface area (Å²) in [5, 5.41) is 7.77. The summed E-state index contributed by atoms with van der Waals surface area (Å²) in [7, 11) is 0. The molecule has 92 valence electrons. The maximum Gasteiger partial charge on any atom is 0.258 e. The van der Waals surface area contributed by atoms with Crippen LogP contribution >= 0.6 is 12.2 Å². The number of hydrazone groups is 1. The van der Waals surface area contributed by atoms with Gasteiger partial charge in [0.2, 0.25) is 0 Å². The molecule has 0 spiro atoms. The molecule has 2 aromatic rings. The molecule has 0 aliphatic rings. The summed E-state index contributed by atoms with van der Waals surface area (Å²) in [5.41, 5.74) is 9.39. The van der Waals surface area contributed by atoms with Gasteiger partial charge in [-0.1, -0.05) is 23.4 Å². The summed E-state index contributed by atoms with van der Waals surface area (Å²) in [4.78, 5) is 4.17. The lowest BCUT2D eigenvalue weighted by atomic mass is 10.1. The van der Waals surface area contributed by atoms with Gasteiger partial charge in [0.1, 0.15) is 0 Å². The van der Waals surface area contributed by atoms with Crippen molar-refractivity contribution in [3.8, 4) is 11.5 Å². The molecule has 0 aliphatic heterocycles. The lowest BCUT2D eigenvalue weighted by Crippen LogP contribution is -2.24. The molecule has 2 rings (SSSR count). The Bertz CT molecular complexity index is 593. The minimum absolute atomic E-state index is 0.109. The normalized spacial score (nSPS) is 10.7. The van der Waals surface area contributed by atoms with Gasteiger partial charge < -0.3 is 10.3 Å². The number of nitrogens with two attached hydrogens (primary N) is 1. The van der Waals surface area contributed by atoms with E-state index in [2.05, 4.69) is 32.9 Å². The zero-order valence-corrected chi connectivity index (χ0v) is 10.4. The SMILES string of the molecule is Cc1noc(-c2ccccc2C=NNC(N)=S)n1. The monoisotopic (exact) mass is 261 g/mol. The van der Waals surface area contributed by atoms with Crippen molar-refractivity contribution in [1.29, 1.82) is 0 Å². The second-order valence-electron chi connectivity index (χ2n) is 3.47. The second-order valence-corrected chi connectivity index (χ2v) is 3.91. The quantitative estimate of drug-likeness (QED) is 0.490. The van der Waals surface area contributed by atoms with E-state index in [9.17, 15) is 0 Å². The van der Waals surface area contributed by atoms with E-state index >= 15 is 0 Å². The number of nitrogens with one attached hydrogen (secondary N) is 1. The van der Waals surface area contributed by atoms with Crippen LogP contribution in [0.15, 0.2) is 33.9 Å². The van der Waals surface area contributed by atoms with Crippen molar-refractivity contribution in [2.45, 2.75) is 6.92 Å². The average molecular weight is 261 g/mol. The molecule has 0 saturated heterocycles. The standard InChI is InChI=1S/C11H11N5OS/c1-7-14-10(17-16-7)9-5-3-2-4-8(9)6-13-15-11(12)18/h2-6H,1H3,(H3,12,15,18). The van der Waals surface area contributed by atoms with E-state index < -0.39 is 0 Å². The summed E-state index contributed by atoms with van der Waals surface area (Å²) in [6.45, 7) is 1.76. The van der Waals surface area contributed by atoms with E-state index in [0.29, 0.717) is 11.7 Å². The Morgan fingerprint density at radius 2 is 2.28 bits per heavy atom. The molecule has 0 bridgehead atoms. The van der Waals surface area contributed by atoms with E-state index in [4.69, 9.17) is 10.3 Å². The van der Waals surface area contributed by atoms with Gasteiger partial charge in [-0.25, -0.2) is 0 Å². The minimum Gasteiger partial charge on any atom is -0.375 e. The molecule has 3 N–H and O–H groups in total. The Morgan fingerprint density at radius 1 is 1.50 bits per heavy atom. The molecule has 0 aliphatic carbocycles. The van der Waals surface area contributed by atoms with Crippen LogP contribution in [-0.2, 0) is 0 Å². The van der Waals surface area contributed by atoms with Crippen molar-refractivity contribution in [3.05, 3.63) is 35.7 Å². The minimum atomic E-state index is 0.109. The molecule has 0 amide bonds. The molecule has 18 heavy (non-hydrogen) atoms. The molecule has 0 atom stereocenters. The van der Waals surface area contributed by atoms with E-state index in [1.807, 2.05) is 24.3 Å². The van der Waals surface area contributed by atoms with Crippen molar-refractivity contribution in [2.75, 3.05) is 0 Å². The predicted octanol–water partition coefficient (Wildman–Crippen LogP) is 1.21. The summed E-state index contributed by atoms with van der Waals surface area (Å²) in [6, 6.07) is 7.51. The average Bonchev–Trinajstić information content (AvgIpc) is 2.76. The van der Waals surface area contributed by atoms with Crippen LogP contribution in [0.3, 0.4) is 0 Å². The zero-order valence-electron chi connectivity index (χ0n) is 9.62. The fraction of sp³-hybridized carbons (Fsp3) is 0.0909. The van der Waals surface area contributed by atoms with Crippen LogP contribution in [-0.4, -0.2) is 21.5 Å². The Hall–Kier alpha value is -2.28. The third-order valence-corrected chi connectivity index (χ3v) is 2.19. The van der Waals surface area contributed by atoms with Crippen LogP contribution in [0.5, 0.6) is 0 Å². The summed E-state index contributed by atoms with van der Waals surface area (Å²) in [5.74, 6) is 1.03. The molecule has 1 aromatic heterocycles. The van der Waals surface area contributed by atoms with Crippen LogP contribution in [0.4, 0.5) is 0 Å². The third-order valence-electron chi connectivity index (χ3n) is 2.10. The molecule has 1 aromatic carbocycles. The lowest BCUT2D eigenvalue weighted by molar-refractivity contribution is 0.425. The zero-order chi connectivity index (χ0) is 13.0. The van der Waals surface area contributed by atoms with Gasteiger partial charge in [-0.15, -0.1) is 0 Å². The molecule has 6 nitrogen and oxygen atoms in total. The third kappa shape index (κ3) is 2.89. The van der Waals surface area contributed by atoms with Crippen molar-refractivity contribution in [3.63, 3.8) is 0 Å². The van der Waals surface area contributed by atoms with Crippen LogP contribution in [0.25, 0.3) is 11.5 Å². The van der Waals surface area contributed by atoms with Crippen LogP contribution in [0.1, 0.15) is 11.4 Å². The van der Waals surface area contributed by atoms with Gasteiger partial charge in [-0.05, 0) is 25.2 Å². The molecule has 0 fully saturated rings. The largest absolute Gasteiger partial charge is 0.375 e. The smallest absolute Gasteiger partial charge is 0.258 e. The summed E-state index contributed by atoms with van der Waals surface area (Å²) < 4.78 is 5.12. The molecule has 0 saturated carbocycles. The summed E-state index contributed by atoms with van der Waals surface area (Å²) >= 11 is 4.65. The van der Waals surface area contributed by atoms with E-state index in [-0.39, 0.29) is 5.11 Å². The van der Waals surface area contributed by atoms with Crippen LogP contribution < -0.4 is 11.2 Å². The van der Waals surface area contributed by atoms with Gasteiger partial charge in [0, 0.05) is 11.1 Å². The Balaban J connectivity index is 2.31. The predicted molar refractivity (Wildman–Crippen MR) is 72.0 cm³/mol. The lowest BCUT2D eigenvalue weighted by Gasteiger charge is -2.00. The number of aromatic nitrogens is 2. The maximum atomic E-state index is 5.27. The molecule has 1 heterocycles. The van der Waals surface area contributed by atoms with E-state index in [1.165, 1.54) is 0 Å². The first-order valence-electron chi connectivity index (χ1n) is 5.15. The molecule has 0 unspecified atom stereocenters. The number of hydrogen-bond donors (Lipinski definition) is 2. The highest BCUT2D eigenvalue weighted by Gasteiger charge is 2.09. The first-order valence-corrected chi connectivity index (χ1v) is 5.56. The first-order chi connectivity index (χ1) is 8.66. The van der Waals surface area contributed by atoms with Crippen LogP contribution in [0, 0.1) is 6.92 Å².